The Morgan fingerprint density at radius 1 is 0.947 bits per heavy atom. The second-order valence-electron chi connectivity index (χ2n) is 9.87. The van der Waals surface area contributed by atoms with Crippen molar-refractivity contribution >= 4 is 11.8 Å². The highest BCUT2D eigenvalue weighted by Crippen LogP contribution is 2.29. The molecule has 8 heteroatoms. The van der Waals surface area contributed by atoms with Gasteiger partial charge < -0.3 is 24.8 Å². The van der Waals surface area contributed by atoms with Crippen molar-refractivity contribution in [1.29, 1.82) is 0 Å². The molecular weight excluding hydrogens is 482 g/mol. The monoisotopic (exact) mass is 515 g/mol. The summed E-state index contributed by atoms with van der Waals surface area (Å²) < 4.78 is 12.0. The zero-order chi connectivity index (χ0) is 26.3. The van der Waals surface area contributed by atoms with E-state index in [9.17, 15) is 14.7 Å². The summed E-state index contributed by atoms with van der Waals surface area (Å²) in [5.41, 5.74) is 3.84. The van der Waals surface area contributed by atoms with Crippen LogP contribution in [0.25, 0.3) is 11.1 Å². The fourth-order valence-electron chi connectivity index (χ4n) is 5.16. The average molecular weight is 516 g/mol. The number of nitrogens with one attached hydrogen (secondary N) is 1. The number of hydrogen-bond acceptors (Lipinski definition) is 6. The minimum Gasteiger partial charge on any atom is -0.389 e. The lowest BCUT2D eigenvalue weighted by Gasteiger charge is -2.44. The van der Waals surface area contributed by atoms with Gasteiger partial charge in [-0.3, -0.25) is 14.6 Å². The van der Waals surface area contributed by atoms with E-state index in [-0.39, 0.29) is 56.2 Å². The van der Waals surface area contributed by atoms with Crippen LogP contribution < -0.4 is 5.32 Å². The van der Waals surface area contributed by atoms with E-state index in [2.05, 4.69) is 34.6 Å². The number of carbonyl (C=O) groups excluding carboxylic acids is 2. The number of carbonyl (C=O) groups is 2. The molecule has 1 aromatic heterocycles. The molecule has 2 aromatic carbocycles. The first-order chi connectivity index (χ1) is 18.6. The molecule has 4 atom stereocenters. The van der Waals surface area contributed by atoms with Crippen molar-refractivity contribution in [2.24, 2.45) is 0 Å². The zero-order valence-electron chi connectivity index (χ0n) is 21.2. The summed E-state index contributed by atoms with van der Waals surface area (Å²) in [6, 6.07) is 21.4. The van der Waals surface area contributed by atoms with Crippen molar-refractivity contribution in [3.05, 3.63) is 90.3 Å². The van der Waals surface area contributed by atoms with Crippen molar-refractivity contribution in [3.63, 3.8) is 0 Å². The second-order valence-corrected chi connectivity index (χ2v) is 9.87. The number of amides is 2. The molecule has 2 fully saturated rings. The van der Waals surface area contributed by atoms with Crippen molar-refractivity contribution in [3.8, 4) is 11.1 Å². The molecule has 38 heavy (non-hydrogen) atoms. The largest absolute Gasteiger partial charge is 0.389 e. The number of fused-ring (bicyclic) bond motifs is 1. The van der Waals surface area contributed by atoms with Gasteiger partial charge in [0, 0.05) is 31.0 Å². The molecule has 3 aromatic rings. The smallest absolute Gasteiger partial charge is 0.254 e. The predicted molar refractivity (Wildman–Crippen MR) is 142 cm³/mol. The maximum absolute atomic E-state index is 13.3. The third-order valence-electron chi connectivity index (χ3n) is 7.13. The zero-order valence-corrected chi connectivity index (χ0v) is 21.2. The molecule has 2 N–H and O–H groups in total. The summed E-state index contributed by atoms with van der Waals surface area (Å²) in [5.74, 6) is -0.242. The van der Waals surface area contributed by atoms with Crippen LogP contribution in [0.15, 0.2) is 79.1 Å². The third-order valence-corrected chi connectivity index (χ3v) is 7.13. The Bertz CT molecular complexity index is 1210. The van der Waals surface area contributed by atoms with Gasteiger partial charge in [0.1, 0.15) is 6.10 Å². The van der Waals surface area contributed by atoms with Gasteiger partial charge in [-0.15, -0.1) is 0 Å². The van der Waals surface area contributed by atoms with Crippen molar-refractivity contribution in [1.82, 2.24) is 15.2 Å². The third kappa shape index (κ3) is 6.45. The number of hydrogen-bond donors (Lipinski definition) is 2. The van der Waals surface area contributed by atoms with Crippen molar-refractivity contribution in [2.75, 3.05) is 19.8 Å². The number of nitrogens with zero attached hydrogens (tertiary/aromatic N) is 2. The lowest BCUT2D eigenvalue weighted by atomic mass is 9.94. The predicted octanol–water partition coefficient (Wildman–Crippen LogP) is 3.20. The van der Waals surface area contributed by atoms with Gasteiger partial charge in [-0.2, -0.15) is 0 Å². The van der Waals surface area contributed by atoms with Crippen LogP contribution in [0.3, 0.4) is 0 Å². The van der Waals surface area contributed by atoms with Gasteiger partial charge in [-0.1, -0.05) is 54.6 Å². The SMILES string of the molecule is O=C(C[C@@H]1CC[C@H]2[C@@H](COC[C@H](O)CN2C(=O)c2ccncc2)O1)NCc1ccc(-c2ccccc2)cc1. The van der Waals surface area contributed by atoms with E-state index >= 15 is 0 Å². The maximum atomic E-state index is 13.3. The van der Waals surface area contributed by atoms with Gasteiger partial charge in [0.25, 0.3) is 5.91 Å². The van der Waals surface area contributed by atoms with Crippen LogP contribution in [0.2, 0.25) is 0 Å². The van der Waals surface area contributed by atoms with Crippen LogP contribution in [0.5, 0.6) is 0 Å². The fraction of sp³-hybridized carbons (Fsp3) is 0.367. The molecule has 5 rings (SSSR count). The van der Waals surface area contributed by atoms with E-state index in [1.165, 1.54) is 0 Å². The topological polar surface area (TPSA) is 101 Å². The highest BCUT2D eigenvalue weighted by atomic mass is 16.5. The minimum absolute atomic E-state index is 0.0764. The van der Waals surface area contributed by atoms with Gasteiger partial charge >= 0.3 is 0 Å². The Morgan fingerprint density at radius 2 is 1.68 bits per heavy atom. The van der Waals surface area contributed by atoms with E-state index in [0.29, 0.717) is 24.9 Å². The standard InChI is InChI=1S/C30H33N3O5/c34-25-18-33(30(36)24-12-14-31-15-13-24)27-11-10-26(38-28(27)20-37-19-25)16-29(35)32-17-21-6-8-23(9-7-21)22-4-2-1-3-5-22/h1-9,12-15,25-28,34H,10-11,16-20H2,(H,32,35)/t25-,26+,27+,28-/m1/s1. The molecule has 0 radical (unpaired) electrons. The molecule has 0 spiro atoms. The van der Waals surface area contributed by atoms with Crippen molar-refractivity contribution < 1.29 is 24.2 Å². The van der Waals surface area contributed by atoms with Crippen LogP contribution in [0, 0.1) is 0 Å². The number of rotatable bonds is 6. The average Bonchev–Trinajstić information content (AvgIpc) is 2.95. The van der Waals surface area contributed by atoms with Crippen LogP contribution >= 0.6 is 0 Å². The van der Waals surface area contributed by atoms with E-state index in [1.54, 1.807) is 29.4 Å². The molecule has 0 bridgehead atoms. The summed E-state index contributed by atoms with van der Waals surface area (Å²) in [6.45, 7) is 0.996. The first kappa shape index (κ1) is 26.0. The summed E-state index contributed by atoms with van der Waals surface area (Å²) >= 11 is 0. The van der Waals surface area contributed by atoms with Gasteiger partial charge in [-0.05, 0) is 41.7 Å². The number of pyridine rings is 1. The molecule has 2 saturated heterocycles. The highest BCUT2D eigenvalue weighted by molar-refractivity contribution is 5.94. The Kier molecular flexibility index (Phi) is 8.43. The van der Waals surface area contributed by atoms with Crippen LogP contribution in [0.4, 0.5) is 0 Å². The van der Waals surface area contributed by atoms with Crippen molar-refractivity contribution in [2.45, 2.75) is 50.2 Å². The van der Waals surface area contributed by atoms with Gasteiger partial charge in [-0.25, -0.2) is 0 Å². The maximum Gasteiger partial charge on any atom is 0.254 e. The summed E-state index contributed by atoms with van der Waals surface area (Å²) in [7, 11) is 0. The Labute approximate surface area is 222 Å². The van der Waals surface area contributed by atoms with Crippen LogP contribution in [-0.2, 0) is 20.8 Å². The number of ether oxygens (including phenoxy) is 2. The second kappa shape index (κ2) is 12.3. The molecule has 3 heterocycles. The number of aliphatic hydroxyl groups excluding tert-OH is 1. The Hall–Kier alpha value is -3.59. The lowest BCUT2D eigenvalue weighted by Crippen LogP contribution is -2.57. The van der Waals surface area contributed by atoms with Crippen LogP contribution in [0.1, 0.15) is 35.2 Å². The molecule has 2 aliphatic heterocycles. The summed E-state index contributed by atoms with van der Waals surface area (Å²) in [6.07, 6.45) is 3.30. The normalized spacial score (nSPS) is 23.6. The Balaban J connectivity index is 1.16. The molecule has 8 nitrogen and oxygen atoms in total. The molecule has 198 valence electrons. The van der Waals surface area contributed by atoms with E-state index in [0.717, 1.165) is 16.7 Å². The first-order valence-electron chi connectivity index (χ1n) is 13.1. The number of β-amino-alcohol motifs (C(OH)–C–C–N with tert-alkyl or cyclic N) is 1. The lowest BCUT2D eigenvalue weighted by molar-refractivity contribution is -0.151. The van der Waals surface area contributed by atoms with E-state index < -0.39 is 6.10 Å². The quantitative estimate of drug-likeness (QED) is 0.523. The molecule has 0 aliphatic carbocycles. The van der Waals surface area contributed by atoms with Crippen LogP contribution in [-0.4, -0.2) is 70.9 Å². The molecule has 0 saturated carbocycles. The summed E-state index contributed by atoms with van der Waals surface area (Å²) in [5, 5.41) is 13.3. The molecule has 2 aliphatic rings. The first-order valence-corrected chi connectivity index (χ1v) is 13.1. The number of benzene rings is 2. The fourth-order valence-corrected chi connectivity index (χ4v) is 5.16. The minimum atomic E-state index is -0.771. The van der Waals surface area contributed by atoms with Gasteiger partial charge in [0.15, 0.2) is 0 Å². The molecule has 0 unspecified atom stereocenters. The number of aliphatic hydroxyl groups is 1. The van der Waals surface area contributed by atoms with Gasteiger partial charge in [0.05, 0.1) is 37.9 Å². The molecular formula is C30H33N3O5. The van der Waals surface area contributed by atoms with Gasteiger partial charge in [0.2, 0.25) is 5.91 Å². The summed E-state index contributed by atoms with van der Waals surface area (Å²) in [4.78, 5) is 31.7. The highest BCUT2D eigenvalue weighted by Gasteiger charge is 2.40. The number of aromatic nitrogens is 1. The Morgan fingerprint density at radius 3 is 2.45 bits per heavy atom. The van der Waals surface area contributed by atoms with E-state index in [4.69, 9.17) is 9.47 Å². The van der Waals surface area contributed by atoms with E-state index in [1.807, 2.05) is 30.3 Å². The molecule has 2 amide bonds.